The van der Waals surface area contributed by atoms with Crippen LogP contribution >= 0.6 is 0 Å². The molecule has 0 radical (unpaired) electrons. The first-order valence-electron chi connectivity index (χ1n) is 9.17. The average Bonchev–Trinajstić information content (AvgIpc) is 2.45. The van der Waals surface area contributed by atoms with Crippen LogP contribution in [0.1, 0.15) is 51.0 Å². The van der Waals surface area contributed by atoms with Gasteiger partial charge in [-0.15, -0.1) is 0 Å². The van der Waals surface area contributed by atoms with Crippen molar-refractivity contribution in [1.29, 1.82) is 0 Å². The molecule has 1 aromatic carbocycles. The second-order valence-electron chi connectivity index (χ2n) is 8.42. The van der Waals surface area contributed by atoms with Gasteiger partial charge in [0.2, 0.25) is 5.91 Å². The maximum Gasteiger partial charge on any atom is 0.241 e. The van der Waals surface area contributed by atoms with E-state index in [9.17, 15) is 4.79 Å². The fourth-order valence-corrected chi connectivity index (χ4v) is 5.79. The first kappa shape index (κ1) is 15.2. The quantitative estimate of drug-likeness (QED) is 0.886. The predicted molar refractivity (Wildman–Crippen MR) is 93.3 cm³/mol. The molecule has 0 spiro atoms. The molecule has 4 bridgehead atoms. The molecule has 4 aliphatic rings. The maximum atomic E-state index is 12.6. The molecule has 0 unspecified atom stereocenters. The Balaban J connectivity index is 1.41. The Bertz CT molecular complexity index is 574. The first-order valence-corrected chi connectivity index (χ1v) is 9.17. The normalized spacial score (nSPS) is 36.0. The minimum absolute atomic E-state index is 0.0892. The van der Waals surface area contributed by atoms with Gasteiger partial charge in [-0.2, -0.15) is 0 Å². The van der Waals surface area contributed by atoms with Gasteiger partial charge in [-0.05, 0) is 87.8 Å². The van der Waals surface area contributed by atoms with Gasteiger partial charge in [-0.25, -0.2) is 0 Å². The lowest BCUT2D eigenvalue weighted by Crippen LogP contribution is -2.62. The van der Waals surface area contributed by atoms with E-state index >= 15 is 0 Å². The van der Waals surface area contributed by atoms with Crippen molar-refractivity contribution >= 4 is 11.6 Å². The third-order valence-corrected chi connectivity index (χ3v) is 6.24. The summed E-state index contributed by atoms with van der Waals surface area (Å²) in [7, 11) is 0. The van der Waals surface area contributed by atoms with Gasteiger partial charge >= 0.3 is 0 Å². The molecule has 4 aliphatic carbocycles. The lowest BCUT2D eigenvalue weighted by Gasteiger charge is -2.57. The molecule has 0 heterocycles. The average molecular weight is 312 g/mol. The van der Waals surface area contributed by atoms with Crippen molar-refractivity contribution in [2.75, 3.05) is 5.32 Å². The summed E-state index contributed by atoms with van der Waals surface area (Å²) in [4.78, 5) is 12.6. The van der Waals surface area contributed by atoms with Crippen LogP contribution in [0.5, 0.6) is 0 Å². The molecule has 4 saturated carbocycles. The Morgan fingerprint density at radius 3 is 2.30 bits per heavy atom. The second kappa shape index (κ2) is 5.62. The number of amides is 1. The molecule has 0 aliphatic heterocycles. The number of aryl methyl sites for hydroxylation is 1. The van der Waals surface area contributed by atoms with Gasteiger partial charge in [0.15, 0.2) is 0 Å². The molecule has 23 heavy (non-hydrogen) atoms. The Labute approximate surface area is 139 Å². The summed E-state index contributed by atoms with van der Waals surface area (Å²) in [5.41, 5.74) is 2.30. The number of carbonyl (C=O) groups excluding carboxylic acids is 1. The van der Waals surface area contributed by atoms with Crippen molar-refractivity contribution in [2.45, 2.75) is 64.0 Å². The molecule has 3 heteroatoms. The van der Waals surface area contributed by atoms with E-state index < -0.39 is 0 Å². The summed E-state index contributed by atoms with van der Waals surface area (Å²) in [6.07, 6.45) is 8.14. The maximum absolute atomic E-state index is 12.6. The Kier molecular flexibility index (Phi) is 3.72. The number of hydrogen-bond donors (Lipinski definition) is 2. The van der Waals surface area contributed by atoms with Crippen LogP contribution in [0.25, 0.3) is 0 Å². The van der Waals surface area contributed by atoms with Crippen molar-refractivity contribution in [2.24, 2.45) is 17.8 Å². The van der Waals surface area contributed by atoms with Crippen LogP contribution in [0.15, 0.2) is 24.3 Å². The SMILES string of the molecule is Cc1cccc(NC(=O)[C@H](C)NC23CC4CC(CC(C4)C2)C3)c1. The van der Waals surface area contributed by atoms with E-state index in [0.29, 0.717) is 0 Å². The zero-order valence-electron chi connectivity index (χ0n) is 14.3. The van der Waals surface area contributed by atoms with Gasteiger partial charge in [0, 0.05) is 11.2 Å². The standard InChI is InChI=1S/C20H28N2O/c1-13-4-3-5-18(6-13)21-19(23)14(2)22-20-10-15-7-16(11-20)9-17(8-15)12-20/h3-6,14-17,22H,7-12H2,1-2H3,(H,21,23)/t14-,15?,16?,17?,20?/m0/s1. The van der Waals surface area contributed by atoms with E-state index in [-0.39, 0.29) is 17.5 Å². The highest BCUT2D eigenvalue weighted by Crippen LogP contribution is 2.55. The number of carbonyl (C=O) groups is 1. The van der Waals surface area contributed by atoms with E-state index in [1.54, 1.807) is 0 Å². The highest BCUT2D eigenvalue weighted by Gasteiger charge is 2.51. The van der Waals surface area contributed by atoms with Crippen LogP contribution in [0.4, 0.5) is 5.69 Å². The number of hydrogen-bond acceptors (Lipinski definition) is 2. The highest BCUT2D eigenvalue weighted by molar-refractivity contribution is 5.94. The van der Waals surface area contributed by atoms with Crippen LogP contribution < -0.4 is 10.6 Å². The summed E-state index contributed by atoms with van der Waals surface area (Å²) in [5.74, 6) is 2.80. The first-order chi connectivity index (χ1) is 11.0. The Morgan fingerprint density at radius 2 is 1.74 bits per heavy atom. The minimum atomic E-state index is -0.133. The van der Waals surface area contributed by atoms with E-state index in [1.807, 2.05) is 38.1 Å². The minimum Gasteiger partial charge on any atom is -0.325 e. The Hall–Kier alpha value is -1.35. The van der Waals surface area contributed by atoms with Crippen LogP contribution in [-0.4, -0.2) is 17.5 Å². The molecule has 1 atom stereocenters. The largest absolute Gasteiger partial charge is 0.325 e. The molecule has 124 valence electrons. The molecular weight excluding hydrogens is 284 g/mol. The third kappa shape index (κ3) is 3.03. The molecule has 2 N–H and O–H groups in total. The van der Waals surface area contributed by atoms with Crippen LogP contribution in [0, 0.1) is 24.7 Å². The molecule has 5 rings (SSSR count). The molecular formula is C20H28N2O. The van der Waals surface area contributed by atoms with Crippen LogP contribution in [-0.2, 0) is 4.79 Å². The third-order valence-electron chi connectivity index (χ3n) is 6.24. The van der Waals surface area contributed by atoms with Gasteiger partial charge in [0.05, 0.1) is 6.04 Å². The molecule has 1 amide bonds. The van der Waals surface area contributed by atoms with Gasteiger partial charge in [0.1, 0.15) is 0 Å². The number of nitrogens with one attached hydrogen (secondary N) is 2. The fraction of sp³-hybridized carbons (Fsp3) is 0.650. The molecule has 4 fully saturated rings. The van der Waals surface area contributed by atoms with E-state index in [1.165, 1.54) is 44.1 Å². The van der Waals surface area contributed by atoms with E-state index in [0.717, 1.165) is 23.4 Å². The summed E-state index contributed by atoms with van der Waals surface area (Å²) in [5, 5.41) is 6.81. The summed E-state index contributed by atoms with van der Waals surface area (Å²) in [6, 6.07) is 7.89. The topological polar surface area (TPSA) is 41.1 Å². The smallest absolute Gasteiger partial charge is 0.241 e. The van der Waals surface area contributed by atoms with Crippen molar-refractivity contribution in [3.63, 3.8) is 0 Å². The summed E-state index contributed by atoms with van der Waals surface area (Å²) < 4.78 is 0. The van der Waals surface area contributed by atoms with Crippen molar-refractivity contribution in [3.05, 3.63) is 29.8 Å². The molecule has 1 aromatic rings. The van der Waals surface area contributed by atoms with Gasteiger partial charge in [-0.3, -0.25) is 4.79 Å². The lowest BCUT2D eigenvalue weighted by atomic mass is 9.53. The molecule has 0 saturated heterocycles. The van der Waals surface area contributed by atoms with Crippen molar-refractivity contribution in [1.82, 2.24) is 5.32 Å². The fourth-order valence-electron chi connectivity index (χ4n) is 5.79. The summed E-state index contributed by atoms with van der Waals surface area (Å²) >= 11 is 0. The van der Waals surface area contributed by atoms with Crippen LogP contribution in [0.2, 0.25) is 0 Å². The highest BCUT2D eigenvalue weighted by atomic mass is 16.2. The van der Waals surface area contributed by atoms with E-state index in [2.05, 4.69) is 10.6 Å². The lowest BCUT2D eigenvalue weighted by molar-refractivity contribution is -0.119. The number of benzene rings is 1. The van der Waals surface area contributed by atoms with Crippen molar-refractivity contribution in [3.8, 4) is 0 Å². The van der Waals surface area contributed by atoms with Crippen LogP contribution in [0.3, 0.4) is 0 Å². The number of rotatable bonds is 4. The molecule has 3 nitrogen and oxygen atoms in total. The Morgan fingerprint density at radius 1 is 1.13 bits per heavy atom. The van der Waals surface area contributed by atoms with Gasteiger partial charge in [-0.1, -0.05) is 12.1 Å². The zero-order valence-corrected chi connectivity index (χ0v) is 14.3. The number of anilines is 1. The van der Waals surface area contributed by atoms with Gasteiger partial charge < -0.3 is 10.6 Å². The molecule has 0 aromatic heterocycles. The predicted octanol–water partition coefficient (Wildman–Crippen LogP) is 3.88. The second-order valence-corrected chi connectivity index (χ2v) is 8.42. The van der Waals surface area contributed by atoms with E-state index in [4.69, 9.17) is 0 Å². The van der Waals surface area contributed by atoms with Crippen molar-refractivity contribution < 1.29 is 4.79 Å². The van der Waals surface area contributed by atoms with Gasteiger partial charge in [0.25, 0.3) is 0 Å². The monoisotopic (exact) mass is 312 g/mol. The zero-order chi connectivity index (χ0) is 16.0. The summed E-state index contributed by atoms with van der Waals surface area (Å²) in [6.45, 7) is 4.07.